The summed E-state index contributed by atoms with van der Waals surface area (Å²) in [7, 11) is 0. The van der Waals surface area contributed by atoms with Crippen LogP contribution in [0.3, 0.4) is 0 Å². The van der Waals surface area contributed by atoms with Gasteiger partial charge in [-0.3, -0.25) is 9.59 Å². The third kappa shape index (κ3) is 3.81. The number of carbonyl (C=O) groups excluding carboxylic acids is 1. The zero-order valence-corrected chi connectivity index (χ0v) is 12.4. The summed E-state index contributed by atoms with van der Waals surface area (Å²) in [4.78, 5) is 26.3. The number of aryl methyl sites for hydroxylation is 1. The molecule has 1 aromatic carbocycles. The molecule has 20 heavy (non-hydrogen) atoms. The second kappa shape index (κ2) is 7.05. The Bertz CT molecular complexity index is 652. The predicted octanol–water partition coefficient (Wildman–Crippen LogP) is 2.95. The Hall–Kier alpha value is -1.88. The predicted molar refractivity (Wildman–Crippen MR) is 83.6 cm³/mol. The van der Waals surface area contributed by atoms with E-state index in [0.29, 0.717) is 5.69 Å². The molecule has 0 saturated heterocycles. The highest BCUT2D eigenvalue weighted by molar-refractivity contribution is 9.09. The number of benzene rings is 1. The molecule has 2 N–H and O–H groups in total. The number of H-pyrrole nitrogens is 1. The topological polar surface area (TPSA) is 62.0 Å². The van der Waals surface area contributed by atoms with Crippen LogP contribution in [0.5, 0.6) is 0 Å². The van der Waals surface area contributed by atoms with Crippen molar-refractivity contribution >= 4 is 27.5 Å². The van der Waals surface area contributed by atoms with Crippen molar-refractivity contribution in [2.45, 2.75) is 12.8 Å². The minimum Gasteiger partial charge on any atom is -0.367 e. The SMILES string of the molecule is O=C(Nc1cccc(CCCBr)c1)c1c[nH]ccc1=O. The first-order valence-electron chi connectivity index (χ1n) is 6.34. The number of carbonyl (C=O) groups is 1. The van der Waals surface area contributed by atoms with E-state index >= 15 is 0 Å². The minimum atomic E-state index is -0.399. The minimum absolute atomic E-state index is 0.110. The van der Waals surface area contributed by atoms with Gasteiger partial charge in [-0.2, -0.15) is 0 Å². The molecule has 0 aliphatic heterocycles. The van der Waals surface area contributed by atoms with Gasteiger partial charge in [0.2, 0.25) is 0 Å². The maximum Gasteiger partial charge on any atom is 0.261 e. The number of pyridine rings is 1. The Morgan fingerprint density at radius 2 is 2.15 bits per heavy atom. The van der Waals surface area contributed by atoms with Gasteiger partial charge in [-0.05, 0) is 30.5 Å². The fourth-order valence-electron chi connectivity index (χ4n) is 1.87. The molecule has 0 bridgehead atoms. The molecule has 0 aliphatic rings. The molecular weight excluding hydrogens is 320 g/mol. The highest BCUT2D eigenvalue weighted by atomic mass is 79.9. The van der Waals surface area contributed by atoms with Crippen LogP contribution in [0.1, 0.15) is 22.3 Å². The highest BCUT2D eigenvalue weighted by Crippen LogP contribution is 2.13. The van der Waals surface area contributed by atoms with Gasteiger partial charge in [0.1, 0.15) is 5.56 Å². The Morgan fingerprint density at radius 3 is 2.90 bits per heavy atom. The number of aromatic amines is 1. The molecule has 0 saturated carbocycles. The molecule has 0 unspecified atom stereocenters. The van der Waals surface area contributed by atoms with Crippen molar-refractivity contribution < 1.29 is 4.79 Å². The van der Waals surface area contributed by atoms with Crippen LogP contribution in [0.25, 0.3) is 0 Å². The second-order valence-electron chi connectivity index (χ2n) is 4.37. The fourth-order valence-corrected chi connectivity index (χ4v) is 2.15. The number of nitrogens with one attached hydrogen (secondary N) is 2. The van der Waals surface area contributed by atoms with E-state index in [1.165, 1.54) is 18.5 Å². The van der Waals surface area contributed by atoms with E-state index in [0.717, 1.165) is 23.7 Å². The van der Waals surface area contributed by atoms with Crippen molar-refractivity contribution in [2.24, 2.45) is 0 Å². The lowest BCUT2D eigenvalue weighted by Gasteiger charge is -2.07. The average molecular weight is 335 g/mol. The van der Waals surface area contributed by atoms with E-state index in [1.54, 1.807) is 0 Å². The molecule has 4 nitrogen and oxygen atoms in total. The number of anilines is 1. The molecule has 0 spiro atoms. The highest BCUT2D eigenvalue weighted by Gasteiger charge is 2.09. The first-order chi connectivity index (χ1) is 9.70. The number of halogens is 1. The molecule has 2 aromatic rings. The van der Waals surface area contributed by atoms with Gasteiger partial charge in [-0.15, -0.1) is 0 Å². The van der Waals surface area contributed by atoms with Crippen LogP contribution in [0, 0.1) is 0 Å². The number of alkyl halides is 1. The summed E-state index contributed by atoms with van der Waals surface area (Å²) in [6, 6.07) is 8.99. The zero-order valence-electron chi connectivity index (χ0n) is 10.9. The molecule has 1 amide bonds. The second-order valence-corrected chi connectivity index (χ2v) is 5.16. The van der Waals surface area contributed by atoms with E-state index in [9.17, 15) is 9.59 Å². The summed E-state index contributed by atoms with van der Waals surface area (Å²) in [6.45, 7) is 0. The van der Waals surface area contributed by atoms with Crippen LogP contribution in [-0.2, 0) is 6.42 Å². The third-order valence-corrected chi connectivity index (χ3v) is 3.41. The summed E-state index contributed by atoms with van der Waals surface area (Å²) in [5, 5.41) is 3.69. The molecule has 0 aliphatic carbocycles. The number of aromatic nitrogens is 1. The summed E-state index contributed by atoms with van der Waals surface area (Å²) >= 11 is 3.40. The normalized spacial score (nSPS) is 10.2. The van der Waals surface area contributed by atoms with Crippen LogP contribution >= 0.6 is 15.9 Å². The standard InChI is InChI=1S/C15H15BrN2O2/c16-7-2-4-11-3-1-5-12(9-11)18-15(20)13-10-17-8-6-14(13)19/h1,3,5-6,8-10H,2,4,7H2,(H,17,19)(H,18,20). The van der Waals surface area contributed by atoms with Gasteiger partial charge >= 0.3 is 0 Å². The summed E-state index contributed by atoms with van der Waals surface area (Å²) < 4.78 is 0. The Balaban J connectivity index is 2.12. The van der Waals surface area contributed by atoms with Crippen LogP contribution in [0.15, 0.2) is 47.5 Å². The lowest BCUT2D eigenvalue weighted by Crippen LogP contribution is -2.20. The van der Waals surface area contributed by atoms with Gasteiger partial charge in [0.05, 0.1) is 0 Å². The Kier molecular flexibility index (Phi) is 5.12. The molecule has 0 atom stereocenters. The van der Waals surface area contributed by atoms with Crippen molar-refractivity contribution in [3.63, 3.8) is 0 Å². The van der Waals surface area contributed by atoms with Crippen molar-refractivity contribution in [3.8, 4) is 0 Å². The van der Waals surface area contributed by atoms with Gasteiger partial charge in [-0.25, -0.2) is 0 Å². The largest absolute Gasteiger partial charge is 0.367 e. The van der Waals surface area contributed by atoms with Gasteiger partial charge in [-0.1, -0.05) is 28.1 Å². The van der Waals surface area contributed by atoms with Gasteiger partial charge in [0.15, 0.2) is 5.43 Å². The lowest BCUT2D eigenvalue weighted by atomic mass is 10.1. The maximum atomic E-state index is 12.0. The van der Waals surface area contributed by atoms with Gasteiger partial charge < -0.3 is 10.3 Å². The van der Waals surface area contributed by atoms with E-state index < -0.39 is 5.91 Å². The number of amides is 1. The summed E-state index contributed by atoms with van der Waals surface area (Å²) in [5.74, 6) is -0.399. The van der Waals surface area contributed by atoms with Crippen LogP contribution in [0.4, 0.5) is 5.69 Å². The van der Waals surface area contributed by atoms with Crippen molar-refractivity contribution in [1.29, 1.82) is 0 Å². The molecule has 0 radical (unpaired) electrons. The monoisotopic (exact) mass is 334 g/mol. The zero-order chi connectivity index (χ0) is 14.4. The molecule has 1 aromatic heterocycles. The van der Waals surface area contributed by atoms with Crippen LogP contribution < -0.4 is 10.7 Å². The van der Waals surface area contributed by atoms with E-state index in [2.05, 4.69) is 26.2 Å². The van der Waals surface area contributed by atoms with E-state index in [1.807, 2.05) is 24.3 Å². The van der Waals surface area contributed by atoms with Gasteiger partial charge in [0.25, 0.3) is 5.91 Å². The molecule has 1 heterocycles. The number of hydrogen-bond acceptors (Lipinski definition) is 2. The quantitative estimate of drug-likeness (QED) is 0.826. The Labute approximate surface area is 125 Å². The van der Waals surface area contributed by atoms with Crippen LogP contribution in [-0.4, -0.2) is 16.2 Å². The van der Waals surface area contributed by atoms with E-state index in [4.69, 9.17) is 0 Å². The smallest absolute Gasteiger partial charge is 0.261 e. The lowest BCUT2D eigenvalue weighted by molar-refractivity contribution is 0.102. The summed E-state index contributed by atoms with van der Waals surface area (Å²) in [6.07, 6.45) is 4.89. The third-order valence-electron chi connectivity index (χ3n) is 2.85. The van der Waals surface area contributed by atoms with Gasteiger partial charge in [0, 0.05) is 29.5 Å². The Morgan fingerprint density at radius 1 is 1.30 bits per heavy atom. The molecule has 104 valence electrons. The molecular formula is C15H15BrN2O2. The fraction of sp³-hybridized carbons (Fsp3) is 0.200. The van der Waals surface area contributed by atoms with Crippen LogP contribution in [0.2, 0.25) is 0 Å². The van der Waals surface area contributed by atoms with Crippen molar-refractivity contribution in [3.05, 3.63) is 64.1 Å². The summed E-state index contributed by atoms with van der Waals surface area (Å²) in [5.41, 5.74) is 1.67. The maximum absolute atomic E-state index is 12.0. The first kappa shape index (κ1) is 14.5. The molecule has 5 heteroatoms. The first-order valence-corrected chi connectivity index (χ1v) is 7.46. The molecule has 2 rings (SSSR count). The molecule has 0 fully saturated rings. The van der Waals surface area contributed by atoms with Crippen molar-refractivity contribution in [1.82, 2.24) is 4.98 Å². The number of hydrogen-bond donors (Lipinski definition) is 2. The van der Waals surface area contributed by atoms with Crippen molar-refractivity contribution in [2.75, 3.05) is 10.6 Å². The average Bonchev–Trinajstić information content (AvgIpc) is 2.46. The van der Waals surface area contributed by atoms with E-state index in [-0.39, 0.29) is 11.0 Å². The number of rotatable bonds is 5.